The predicted octanol–water partition coefficient (Wildman–Crippen LogP) is -0.0900. The number of nitrogens with one attached hydrogen (secondary N) is 1. The molecule has 0 spiro atoms. The van der Waals surface area contributed by atoms with Gasteiger partial charge in [0.1, 0.15) is 0 Å². The SMILES string of the molecule is CNCCCC(O)CC(=O)OC. The third-order valence-corrected chi connectivity index (χ3v) is 1.59. The number of rotatable bonds is 6. The van der Waals surface area contributed by atoms with Gasteiger partial charge in [0.05, 0.1) is 19.6 Å². The highest BCUT2D eigenvalue weighted by Gasteiger charge is 2.09. The van der Waals surface area contributed by atoms with Crippen LogP contribution in [-0.4, -0.2) is 37.9 Å². The second-order valence-electron chi connectivity index (χ2n) is 2.68. The van der Waals surface area contributed by atoms with E-state index < -0.39 is 6.10 Å². The quantitative estimate of drug-likeness (QED) is 0.437. The molecule has 72 valence electrons. The summed E-state index contributed by atoms with van der Waals surface area (Å²) >= 11 is 0. The van der Waals surface area contributed by atoms with Crippen LogP contribution in [0.4, 0.5) is 0 Å². The standard InChI is InChI=1S/C8H17NO3/c1-9-5-3-4-7(10)6-8(11)12-2/h7,9-10H,3-6H2,1-2H3. The van der Waals surface area contributed by atoms with Gasteiger partial charge in [-0.3, -0.25) is 4.79 Å². The highest BCUT2D eigenvalue weighted by Crippen LogP contribution is 2.01. The first-order valence-electron chi connectivity index (χ1n) is 4.10. The van der Waals surface area contributed by atoms with Gasteiger partial charge in [0.15, 0.2) is 0 Å². The zero-order valence-corrected chi connectivity index (χ0v) is 7.67. The van der Waals surface area contributed by atoms with Crippen LogP contribution in [0.2, 0.25) is 0 Å². The molecule has 1 unspecified atom stereocenters. The Labute approximate surface area is 72.9 Å². The highest BCUT2D eigenvalue weighted by molar-refractivity contribution is 5.69. The largest absolute Gasteiger partial charge is 0.469 e. The Morgan fingerprint density at radius 1 is 1.67 bits per heavy atom. The maximum absolute atomic E-state index is 10.7. The fourth-order valence-electron chi connectivity index (χ4n) is 0.892. The van der Waals surface area contributed by atoms with E-state index in [0.29, 0.717) is 6.42 Å². The summed E-state index contributed by atoms with van der Waals surface area (Å²) in [6.45, 7) is 0.859. The van der Waals surface area contributed by atoms with Crippen molar-refractivity contribution < 1.29 is 14.6 Å². The van der Waals surface area contributed by atoms with Crippen LogP contribution < -0.4 is 5.32 Å². The molecule has 0 fully saturated rings. The fraction of sp³-hybridized carbons (Fsp3) is 0.875. The monoisotopic (exact) mass is 175 g/mol. The van der Waals surface area contributed by atoms with Gasteiger partial charge in [-0.1, -0.05) is 0 Å². The molecule has 0 aliphatic carbocycles. The van der Waals surface area contributed by atoms with Crippen molar-refractivity contribution in [3.05, 3.63) is 0 Å². The number of hydrogen-bond donors (Lipinski definition) is 2. The van der Waals surface area contributed by atoms with E-state index in [2.05, 4.69) is 10.1 Å². The van der Waals surface area contributed by atoms with E-state index in [1.165, 1.54) is 7.11 Å². The number of hydrogen-bond acceptors (Lipinski definition) is 4. The van der Waals surface area contributed by atoms with Crippen LogP contribution in [0, 0.1) is 0 Å². The Morgan fingerprint density at radius 3 is 2.83 bits per heavy atom. The first-order valence-corrected chi connectivity index (χ1v) is 4.10. The maximum atomic E-state index is 10.7. The van der Waals surface area contributed by atoms with Crippen LogP contribution in [0.15, 0.2) is 0 Å². The van der Waals surface area contributed by atoms with Crippen LogP contribution >= 0.6 is 0 Å². The number of methoxy groups -OCH3 is 1. The van der Waals surface area contributed by atoms with E-state index in [1.807, 2.05) is 7.05 Å². The van der Waals surface area contributed by atoms with E-state index in [1.54, 1.807) is 0 Å². The summed E-state index contributed by atoms with van der Waals surface area (Å²) in [6.07, 6.45) is 1.04. The lowest BCUT2D eigenvalue weighted by Gasteiger charge is -2.07. The molecule has 0 saturated carbocycles. The van der Waals surface area contributed by atoms with Crippen molar-refractivity contribution in [2.24, 2.45) is 0 Å². The van der Waals surface area contributed by atoms with Crippen molar-refractivity contribution >= 4 is 5.97 Å². The molecule has 1 atom stereocenters. The van der Waals surface area contributed by atoms with Crippen LogP contribution in [0.5, 0.6) is 0 Å². The first kappa shape index (κ1) is 11.4. The Morgan fingerprint density at radius 2 is 2.33 bits per heavy atom. The highest BCUT2D eigenvalue weighted by atomic mass is 16.5. The molecule has 4 heteroatoms. The van der Waals surface area contributed by atoms with Gasteiger partial charge in [-0.2, -0.15) is 0 Å². The molecule has 0 aromatic rings. The molecule has 0 aliphatic rings. The summed E-state index contributed by atoms with van der Waals surface area (Å²) in [5.41, 5.74) is 0. The zero-order valence-electron chi connectivity index (χ0n) is 7.67. The Hall–Kier alpha value is -0.610. The lowest BCUT2D eigenvalue weighted by Crippen LogP contribution is -2.17. The summed E-state index contributed by atoms with van der Waals surface area (Å²) in [5.74, 6) is -0.355. The van der Waals surface area contributed by atoms with Gasteiger partial charge in [0.2, 0.25) is 0 Å². The van der Waals surface area contributed by atoms with Gasteiger partial charge in [-0.15, -0.1) is 0 Å². The topological polar surface area (TPSA) is 58.6 Å². The second kappa shape index (κ2) is 7.06. The van der Waals surface area contributed by atoms with Crippen molar-refractivity contribution in [1.82, 2.24) is 5.32 Å². The summed E-state index contributed by atoms with van der Waals surface area (Å²) in [4.78, 5) is 10.7. The van der Waals surface area contributed by atoms with Crippen molar-refractivity contribution in [3.63, 3.8) is 0 Å². The van der Waals surface area contributed by atoms with E-state index in [-0.39, 0.29) is 12.4 Å². The molecule has 0 heterocycles. The molecule has 4 nitrogen and oxygen atoms in total. The molecule has 0 aromatic heterocycles. The number of carbonyl (C=O) groups excluding carboxylic acids is 1. The minimum atomic E-state index is -0.564. The Kier molecular flexibility index (Phi) is 6.70. The average Bonchev–Trinajstić information content (AvgIpc) is 2.05. The van der Waals surface area contributed by atoms with Gasteiger partial charge in [-0.25, -0.2) is 0 Å². The Balaban J connectivity index is 3.32. The molecule has 0 radical (unpaired) electrons. The molecule has 0 amide bonds. The normalized spacial score (nSPS) is 12.6. The molecular formula is C8H17NO3. The number of carbonyl (C=O) groups is 1. The van der Waals surface area contributed by atoms with E-state index in [4.69, 9.17) is 0 Å². The van der Waals surface area contributed by atoms with Crippen molar-refractivity contribution in [2.45, 2.75) is 25.4 Å². The number of aliphatic hydroxyl groups is 1. The minimum Gasteiger partial charge on any atom is -0.469 e. The van der Waals surface area contributed by atoms with Crippen LogP contribution in [-0.2, 0) is 9.53 Å². The van der Waals surface area contributed by atoms with Crippen molar-refractivity contribution in [2.75, 3.05) is 20.7 Å². The molecule has 0 saturated heterocycles. The van der Waals surface area contributed by atoms with Crippen molar-refractivity contribution in [3.8, 4) is 0 Å². The van der Waals surface area contributed by atoms with E-state index >= 15 is 0 Å². The lowest BCUT2D eigenvalue weighted by atomic mass is 10.1. The molecule has 12 heavy (non-hydrogen) atoms. The van der Waals surface area contributed by atoms with Crippen LogP contribution in [0.25, 0.3) is 0 Å². The van der Waals surface area contributed by atoms with Gasteiger partial charge < -0.3 is 15.2 Å². The van der Waals surface area contributed by atoms with Gasteiger partial charge in [-0.05, 0) is 26.4 Å². The maximum Gasteiger partial charge on any atom is 0.308 e. The molecule has 0 aliphatic heterocycles. The molecular weight excluding hydrogens is 158 g/mol. The van der Waals surface area contributed by atoms with E-state index in [0.717, 1.165) is 13.0 Å². The second-order valence-corrected chi connectivity index (χ2v) is 2.68. The summed E-state index contributed by atoms with van der Waals surface area (Å²) < 4.78 is 4.41. The van der Waals surface area contributed by atoms with E-state index in [9.17, 15) is 9.90 Å². The third kappa shape index (κ3) is 6.12. The summed E-state index contributed by atoms with van der Waals surface area (Å²) in [7, 11) is 3.18. The lowest BCUT2D eigenvalue weighted by molar-refractivity contribution is -0.142. The van der Waals surface area contributed by atoms with Gasteiger partial charge >= 0.3 is 5.97 Å². The Bertz CT molecular complexity index is 127. The minimum absolute atomic E-state index is 0.0974. The molecule has 2 N–H and O–H groups in total. The predicted molar refractivity (Wildman–Crippen MR) is 45.8 cm³/mol. The van der Waals surface area contributed by atoms with Crippen LogP contribution in [0.3, 0.4) is 0 Å². The summed E-state index contributed by atoms with van der Waals surface area (Å²) in [5, 5.41) is 12.2. The third-order valence-electron chi connectivity index (χ3n) is 1.59. The number of esters is 1. The number of ether oxygens (including phenoxy) is 1. The smallest absolute Gasteiger partial charge is 0.308 e. The van der Waals surface area contributed by atoms with Gasteiger partial charge in [0.25, 0.3) is 0 Å². The average molecular weight is 175 g/mol. The fourth-order valence-corrected chi connectivity index (χ4v) is 0.892. The summed E-state index contributed by atoms with van der Waals surface area (Å²) in [6, 6.07) is 0. The molecule has 0 rings (SSSR count). The molecule has 0 bridgehead atoms. The van der Waals surface area contributed by atoms with Crippen molar-refractivity contribution in [1.29, 1.82) is 0 Å². The molecule has 0 aromatic carbocycles. The number of aliphatic hydroxyl groups excluding tert-OH is 1. The zero-order chi connectivity index (χ0) is 9.40. The first-order chi connectivity index (χ1) is 5.70. The van der Waals surface area contributed by atoms with Gasteiger partial charge in [0, 0.05) is 0 Å². The van der Waals surface area contributed by atoms with Crippen LogP contribution in [0.1, 0.15) is 19.3 Å².